The zero-order valence-corrected chi connectivity index (χ0v) is 14.5. The van der Waals surface area contributed by atoms with Crippen LogP contribution in [0.25, 0.3) is 0 Å². The van der Waals surface area contributed by atoms with Crippen LogP contribution in [0.2, 0.25) is 5.02 Å². The van der Waals surface area contributed by atoms with Crippen molar-refractivity contribution in [1.82, 2.24) is 0 Å². The predicted octanol–water partition coefficient (Wildman–Crippen LogP) is 5.97. The Labute approximate surface area is 154 Å². The molecule has 6 heteroatoms. The normalized spacial score (nSPS) is 10.5. The van der Waals surface area contributed by atoms with Crippen molar-refractivity contribution in [2.45, 2.75) is 6.92 Å². The maximum atomic E-state index is 13.6. The monoisotopic (exact) mass is 373 g/mol. The zero-order valence-electron chi connectivity index (χ0n) is 13.7. The number of benzene rings is 3. The minimum Gasteiger partial charge on any atom is -0.457 e. The molecule has 0 heterocycles. The highest BCUT2D eigenvalue weighted by atomic mass is 35.5. The smallest absolute Gasteiger partial charge is 0.261 e. The highest BCUT2D eigenvalue weighted by Gasteiger charge is 2.17. The summed E-state index contributed by atoms with van der Waals surface area (Å²) in [6.07, 6.45) is 0. The van der Waals surface area contributed by atoms with Crippen LogP contribution in [0.15, 0.2) is 60.7 Å². The third-order valence-corrected chi connectivity index (χ3v) is 3.92. The maximum Gasteiger partial charge on any atom is 0.261 e. The van der Waals surface area contributed by atoms with Crippen LogP contribution in [0.5, 0.6) is 11.5 Å². The molecule has 0 atom stereocenters. The average Bonchev–Trinajstić information content (AvgIpc) is 2.60. The summed E-state index contributed by atoms with van der Waals surface area (Å²) in [4.78, 5) is 12.1. The average molecular weight is 374 g/mol. The number of hydrogen-bond donors (Lipinski definition) is 1. The van der Waals surface area contributed by atoms with E-state index in [0.29, 0.717) is 22.2 Å². The van der Waals surface area contributed by atoms with E-state index in [1.807, 2.05) is 13.0 Å². The number of aryl methyl sites for hydroxylation is 1. The molecule has 3 rings (SSSR count). The highest BCUT2D eigenvalue weighted by molar-refractivity contribution is 6.30. The second-order valence-electron chi connectivity index (χ2n) is 5.59. The van der Waals surface area contributed by atoms with Crippen LogP contribution >= 0.6 is 11.6 Å². The van der Waals surface area contributed by atoms with E-state index in [1.54, 1.807) is 36.4 Å². The predicted molar refractivity (Wildman–Crippen MR) is 97.0 cm³/mol. The highest BCUT2D eigenvalue weighted by Crippen LogP contribution is 2.28. The molecule has 3 aromatic rings. The van der Waals surface area contributed by atoms with Gasteiger partial charge >= 0.3 is 0 Å². The number of amides is 1. The molecule has 0 spiro atoms. The van der Waals surface area contributed by atoms with Gasteiger partial charge in [0.1, 0.15) is 28.7 Å². The van der Waals surface area contributed by atoms with E-state index in [1.165, 1.54) is 6.07 Å². The SMILES string of the molecule is Cc1ccc(Cl)cc1Oc1ccc(NC(=O)c2c(F)cccc2F)cc1. The zero-order chi connectivity index (χ0) is 18.7. The van der Waals surface area contributed by atoms with Gasteiger partial charge in [-0.25, -0.2) is 8.78 Å². The Kier molecular flexibility index (Phi) is 5.19. The van der Waals surface area contributed by atoms with E-state index >= 15 is 0 Å². The van der Waals surface area contributed by atoms with E-state index in [0.717, 1.165) is 17.7 Å². The molecule has 0 bridgehead atoms. The molecule has 0 aliphatic rings. The number of rotatable bonds is 4. The molecule has 26 heavy (non-hydrogen) atoms. The van der Waals surface area contributed by atoms with Crippen LogP contribution in [0.3, 0.4) is 0 Å². The van der Waals surface area contributed by atoms with Gasteiger partial charge in [0.05, 0.1) is 0 Å². The molecule has 0 aliphatic carbocycles. The molecule has 0 aliphatic heterocycles. The Hall–Kier alpha value is -2.92. The third kappa shape index (κ3) is 4.00. The quantitative estimate of drug-likeness (QED) is 0.611. The van der Waals surface area contributed by atoms with E-state index in [4.69, 9.17) is 16.3 Å². The molecular weight excluding hydrogens is 360 g/mol. The van der Waals surface area contributed by atoms with Crippen molar-refractivity contribution in [3.05, 3.63) is 88.4 Å². The van der Waals surface area contributed by atoms with E-state index in [-0.39, 0.29) is 0 Å². The largest absolute Gasteiger partial charge is 0.457 e. The van der Waals surface area contributed by atoms with Crippen LogP contribution in [0, 0.1) is 18.6 Å². The van der Waals surface area contributed by atoms with Crippen LogP contribution in [-0.4, -0.2) is 5.91 Å². The summed E-state index contributed by atoms with van der Waals surface area (Å²) < 4.78 is 33.1. The molecule has 0 saturated heterocycles. The molecule has 0 unspecified atom stereocenters. The van der Waals surface area contributed by atoms with Gasteiger partial charge in [0, 0.05) is 10.7 Å². The summed E-state index contributed by atoms with van der Waals surface area (Å²) >= 11 is 5.96. The summed E-state index contributed by atoms with van der Waals surface area (Å²) in [6.45, 7) is 1.89. The number of carbonyl (C=O) groups excluding carboxylic acids is 1. The summed E-state index contributed by atoms with van der Waals surface area (Å²) in [5.41, 5.74) is 0.678. The third-order valence-electron chi connectivity index (χ3n) is 3.68. The molecular formula is C20H14ClF2NO2. The summed E-state index contributed by atoms with van der Waals surface area (Å²) in [7, 11) is 0. The Morgan fingerprint density at radius 3 is 2.31 bits per heavy atom. The van der Waals surface area contributed by atoms with E-state index in [2.05, 4.69) is 5.32 Å². The van der Waals surface area contributed by atoms with Crippen molar-refractivity contribution in [2.75, 3.05) is 5.32 Å². The number of hydrogen-bond acceptors (Lipinski definition) is 2. The standard InChI is InChI=1S/C20H14ClF2NO2/c1-12-5-6-13(21)11-18(12)26-15-9-7-14(8-10-15)24-20(25)19-16(22)3-2-4-17(19)23/h2-11H,1H3,(H,24,25). The lowest BCUT2D eigenvalue weighted by atomic mass is 10.1. The topological polar surface area (TPSA) is 38.3 Å². The first kappa shape index (κ1) is 17.9. The van der Waals surface area contributed by atoms with E-state index < -0.39 is 23.1 Å². The number of carbonyl (C=O) groups is 1. The lowest BCUT2D eigenvalue weighted by Gasteiger charge is -2.11. The van der Waals surface area contributed by atoms with Crippen molar-refractivity contribution in [3.8, 4) is 11.5 Å². The van der Waals surface area contributed by atoms with Gasteiger partial charge < -0.3 is 10.1 Å². The Morgan fingerprint density at radius 2 is 1.65 bits per heavy atom. The first-order valence-corrected chi connectivity index (χ1v) is 8.11. The fraction of sp³-hybridized carbons (Fsp3) is 0.0500. The molecule has 3 nitrogen and oxygen atoms in total. The minimum absolute atomic E-state index is 0.382. The molecule has 0 aromatic heterocycles. The van der Waals surface area contributed by atoms with Crippen molar-refractivity contribution < 1.29 is 18.3 Å². The summed E-state index contributed by atoms with van der Waals surface area (Å²) in [5, 5.41) is 3.01. The van der Waals surface area contributed by atoms with Gasteiger partial charge in [-0.1, -0.05) is 23.7 Å². The Bertz CT molecular complexity index is 938. The van der Waals surface area contributed by atoms with Crippen molar-refractivity contribution in [1.29, 1.82) is 0 Å². The molecule has 0 radical (unpaired) electrons. The van der Waals surface area contributed by atoms with Crippen LogP contribution in [-0.2, 0) is 0 Å². The van der Waals surface area contributed by atoms with Crippen LogP contribution in [0.1, 0.15) is 15.9 Å². The van der Waals surface area contributed by atoms with Crippen LogP contribution in [0.4, 0.5) is 14.5 Å². The van der Waals surface area contributed by atoms with Gasteiger partial charge in [-0.05, 0) is 61.0 Å². The molecule has 0 fully saturated rings. The number of ether oxygens (including phenoxy) is 1. The second-order valence-corrected chi connectivity index (χ2v) is 6.02. The first-order chi connectivity index (χ1) is 12.4. The van der Waals surface area contributed by atoms with Crippen molar-refractivity contribution in [3.63, 3.8) is 0 Å². The molecule has 1 amide bonds. The molecule has 0 saturated carbocycles. The minimum atomic E-state index is -0.918. The first-order valence-electron chi connectivity index (χ1n) is 7.73. The van der Waals surface area contributed by atoms with Gasteiger partial charge in [-0.2, -0.15) is 0 Å². The molecule has 1 N–H and O–H groups in total. The lowest BCUT2D eigenvalue weighted by molar-refractivity contribution is 0.101. The fourth-order valence-corrected chi connectivity index (χ4v) is 2.49. The Balaban J connectivity index is 1.74. The fourth-order valence-electron chi connectivity index (χ4n) is 2.33. The maximum absolute atomic E-state index is 13.6. The van der Waals surface area contributed by atoms with Gasteiger partial charge in [0.25, 0.3) is 5.91 Å². The van der Waals surface area contributed by atoms with Gasteiger partial charge in [-0.15, -0.1) is 0 Å². The van der Waals surface area contributed by atoms with E-state index in [9.17, 15) is 13.6 Å². The van der Waals surface area contributed by atoms with Crippen molar-refractivity contribution >= 4 is 23.2 Å². The Morgan fingerprint density at radius 1 is 1.00 bits per heavy atom. The lowest BCUT2D eigenvalue weighted by Crippen LogP contribution is -2.15. The molecule has 3 aromatic carbocycles. The number of halogens is 3. The van der Waals surface area contributed by atoms with Crippen LogP contribution < -0.4 is 10.1 Å². The van der Waals surface area contributed by atoms with Gasteiger partial charge in [0.2, 0.25) is 0 Å². The summed E-state index contributed by atoms with van der Waals surface area (Å²) in [5.74, 6) is -1.55. The number of nitrogens with one attached hydrogen (secondary N) is 1. The summed E-state index contributed by atoms with van der Waals surface area (Å²) in [6, 6.07) is 15.0. The van der Waals surface area contributed by atoms with Gasteiger partial charge in [0.15, 0.2) is 0 Å². The number of anilines is 1. The molecule has 132 valence electrons. The van der Waals surface area contributed by atoms with Crippen molar-refractivity contribution in [2.24, 2.45) is 0 Å². The van der Waals surface area contributed by atoms with Gasteiger partial charge in [-0.3, -0.25) is 4.79 Å². The second kappa shape index (κ2) is 7.54.